The molecule has 0 aromatic carbocycles. The average molecular weight is 170 g/mol. The Morgan fingerprint density at radius 3 is 2.50 bits per heavy atom. The molecule has 0 amide bonds. The van der Waals surface area contributed by atoms with Crippen LogP contribution >= 0.6 is 0 Å². The second kappa shape index (κ2) is 2.96. The van der Waals surface area contributed by atoms with Crippen LogP contribution in [-0.4, -0.2) is 38.0 Å². The zero-order valence-electron chi connectivity index (χ0n) is 6.30. The second-order valence-corrected chi connectivity index (χ2v) is 2.26. The van der Waals surface area contributed by atoms with Crippen molar-refractivity contribution in [3.05, 3.63) is 11.8 Å². The van der Waals surface area contributed by atoms with E-state index in [2.05, 4.69) is 5.10 Å². The molecule has 0 unspecified atom stereocenters. The first-order valence-corrected chi connectivity index (χ1v) is 3.15. The molecule has 7 heteroatoms. The third-order valence-corrected chi connectivity index (χ3v) is 1.38. The molecule has 0 saturated heterocycles. The lowest BCUT2D eigenvalue weighted by atomic mass is 9.86. The number of carboxylic acid groups (broad SMARTS) is 1. The fourth-order valence-electron chi connectivity index (χ4n) is 0.816. The van der Waals surface area contributed by atoms with Crippen LogP contribution in [-0.2, 0) is 7.05 Å². The summed E-state index contributed by atoms with van der Waals surface area (Å²) in [6.45, 7) is 0. The van der Waals surface area contributed by atoms with Gasteiger partial charge in [0.2, 0.25) is 0 Å². The van der Waals surface area contributed by atoms with Gasteiger partial charge in [0.05, 0.1) is 5.59 Å². The summed E-state index contributed by atoms with van der Waals surface area (Å²) in [7, 11) is -0.320. The summed E-state index contributed by atoms with van der Waals surface area (Å²) in [5.41, 5.74) is -0.159. The Hall–Kier alpha value is -1.34. The van der Waals surface area contributed by atoms with Crippen LogP contribution in [0.3, 0.4) is 0 Å². The van der Waals surface area contributed by atoms with Crippen molar-refractivity contribution in [2.75, 3.05) is 0 Å². The first-order chi connectivity index (χ1) is 5.52. The number of carbonyl (C=O) groups is 1. The molecule has 1 heterocycles. The molecule has 0 atom stereocenters. The summed E-state index contributed by atoms with van der Waals surface area (Å²) in [6.07, 6.45) is 0. The van der Waals surface area contributed by atoms with Gasteiger partial charge >= 0.3 is 13.1 Å². The molecule has 1 aromatic rings. The highest BCUT2D eigenvalue weighted by atomic mass is 16.4. The second-order valence-electron chi connectivity index (χ2n) is 2.26. The van der Waals surface area contributed by atoms with Crippen LogP contribution in [0.1, 0.15) is 10.5 Å². The fraction of sp³-hybridized carbons (Fsp3) is 0.200. The molecule has 1 aromatic heterocycles. The van der Waals surface area contributed by atoms with Gasteiger partial charge in [-0.15, -0.1) is 0 Å². The maximum absolute atomic E-state index is 10.4. The van der Waals surface area contributed by atoms with E-state index in [-0.39, 0.29) is 11.3 Å². The molecule has 0 aliphatic heterocycles. The van der Waals surface area contributed by atoms with E-state index in [0.717, 1.165) is 10.7 Å². The number of aromatic carboxylic acids is 1. The van der Waals surface area contributed by atoms with Crippen LogP contribution in [0.2, 0.25) is 0 Å². The number of aryl methyl sites for hydroxylation is 1. The number of aromatic nitrogens is 2. The van der Waals surface area contributed by atoms with Gasteiger partial charge in [-0.05, 0) is 6.07 Å². The zero-order chi connectivity index (χ0) is 9.30. The summed E-state index contributed by atoms with van der Waals surface area (Å²) in [6, 6.07) is 1.10. The Morgan fingerprint density at radius 2 is 2.25 bits per heavy atom. The van der Waals surface area contributed by atoms with Gasteiger partial charge in [-0.3, -0.25) is 4.68 Å². The highest BCUT2D eigenvalue weighted by molar-refractivity contribution is 6.57. The normalized spacial score (nSPS) is 9.92. The third-order valence-electron chi connectivity index (χ3n) is 1.38. The van der Waals surface area contributed by atoms with Gasteiger partial charge < -0.3 is 15.2 Å². The Morgan fingerprint density at radius 1 is 1.67 bits per heavy atom. The molecule has 0 bridgehead atoms. The van der Waals surface area contributed by atoms with E-state index in [9.17, 15) is 4.79 Å². The Balaban J connectivity index is 3.09. The molecule has 6 nitrogen and oxygen atoms in total. The van der Waals surface area contributed by atoms with Crippen molar-refractivity contribution in [1.82, 2.24) is 9.78 Å². The van der Waals surface area contributed by atoms with E-state index in [1.165, 1.54) is 7.05 Å². The Bertz CT molecular complexity index is 308. The van der Waals surface area contributed by atoms with Crippen LogP contribution in [0.15, 0.2) is 6.07 Å². The first-order valence-electron chi connectivity index (χ1n) is 3.15. The SMILES string of the molecule is Cn1nc(B(O)O)cc1C(=O)O. The van der Waals surface area contributed by atoms with Crippen LogP contribution in [0.5, 0.6) is 0 Å². The molecule has 1 rings (SSSR count). The summed E-state index contributed by atoms with van der Waals surface area (Å²) >= 11 is 0. The lowest BCUT2D eigenvalue weighted by Crippen LogP contribution is -2.31. The minimum atomic E-state index is -1.73. The van der Waals surface area contributed by atoms with Gasteiger partial charge in [-0.2, -0.15) is 5.10 Å². The number of nitrogens with zero attached hydrogens (tertiary/aromatic N) is 2. The highest BCUT2D eigenvalue weighted by Gasteiger charge is 2.19. The van der Waals surface area contributed by atoms with Crippen molar-refractivity contribution in [3.8, 4) is 0 Å². The van der Waals surface area contributed by atoms with Crippen LogP contribution in [0, 0.1) is 0 Å². The van der Waals surface area contributed by atoms with Gasteiger partial charge in [-0.25, -0.2) is 4.79 Å². The van der Waals surface area contributed by atoms with Crippen LogP contribution in [0.4, 0.5) is 0 Å². The maximum atomic E-state index is 10.4. The molecule has 3 N–H and O–H groups in total. The monoisotopic (exact) mass is 170 g/mol. The van der Waals surface area contributed by atoms with Crippen molar-refractivity contribution in [1.29, 1.82) is 0 Å². The van der Waals surface area contributed by atoms with E-state index in [4.69, 9.17) is 15.2 Å². The molecule has 12 heavy (non-hydrogen) atoms. The predicted octanol–water partition coefficient (Wildman–Crippen LogP) is -2.20. The van der Waals surface area contributed by atoms with Gasteiger partial charge in [0, 0.05) is 7.05 Å². The number of rotatable bonds is 2. The van der Waals surface area contributed by atoms with Crippen LogP contribution < -0.4 is 5.59 Å². The van der Waals surface area contributed by atoms with E-state index in [1.807, 2.05) is 0 Å². The zero-order valence-corrected chi connectivity index (χ0v) is 6.30. The third kappa shape index (κ3) is 1.46. The molecule has 0 radical (unpaired) electrons. The summed E-state index contributed by atoms with van der Waals surface area (Å²) in [5, 5.41) is 29.4. The lowest BCUT2D eigenvalue weighted by Gasteiger charge is -1.91. The fourth-order valence-corrected chi connectivity index (χ4v) is 0.816. The van der Waals surface area contributed by atoms with Crippen LogP contribution in [0.25, 0.3) is 0 Å². The maximum Gasteiger partial charge on any atom is 0.510 e. The van der Waals surface area contributed by atoms with E-state index < -0.39 is 13.1 Å². The van der Waals surface area contributed by atoms with Gasteiger partial charge in [0.25, 0.3) is 0 Å². The minimum absolute atomic E-state index is 0.0742. The quantitative estimate of drug-likeness (QED) is 0.437. The molecule has 0 fully saturated rings. The molecule has 0 aliphatic carbocycles. The number of hydrogen-bond acceptors (Lipinski definition) is 4. The predicted molar refractivity (Wildman–Crippen MR) is 40.0 cm³/mol. The van der Waals surface area contributed by atoms with Crippen molar-refractivity contribution in [2.24, 2.45) is 7.05 Å². The highest BCUT2D eigenvalue weighted by Crippen LogP contribution is 1.93. The molecular weight excluding hydrogens is 163 g/mol. The van der Waals surface area contributed by atoms with E-state index >= 15 is 0 Å². The lowest BCUT2D eigenvalue weighted by molar-refractivity contribution is 0.0685. The van der Waals surface area contributed by atoms with Gasteiger partial charge in [-0.1, -0.05) is 0 Å². The summed E-state index contributed by atoms with van der Waals surface area (Å²) in [4.78, 5) is 10.4. The largest absolute Gasteiger partial charge is 0.510 e. The van der Waals surface area contributed by atoms with Crippen molar-refractivity contribution in [2.45, 2.75) is 0 Å². The first kappa shape index (κ1) is 8.76. The summed E-state index contributed by atoms with van der Waals surface area (Å²) < 4.78 is 1.07. The van der Waals surface area contributed by atoms with Crippen molar-refractivity contribution >= 4 is 18.7 Å². The molecule has 0 saturated carbocycles. The molecular formula is C5H7BN2O4. The minimum Gasteiger partial charge on any atom is -0.477 e. The smallest absolute Gasteiger partial charge is 0.477 e. The van der Waals surface area contributed by atoms with Crippen molar-refractivity contribution < 1.29 is 19.9 Å². The number of carboxylic acids is 1. The molecule has 0 aliphatic rings. The summed E-state index contributed by atoms with van der Waals surface area (Å²) in [5.74, 6) is -1.16. The number of hydrogen-bond donors (Lipinski definition) is 3. The standard InChI is InChI=1S/C5H7BN2O4/c1-8-3(5(9)10)2-4(7-8)6(11)12/h2,11-12H,1H3,(H,9,10). The molecule has 0 spiro atoms. The Kier molecular flexibility index (Phi) is 2.16. The van der Waals surface area contributed by atoms with E-state index in [0.29, 0.717) is 0 Å². The average Bonchev–Trinajstić information content (AvgIpc) is 2.30. The van der Waals surface area contributed by atoms with Crippen molar-refractivity contribution in [3.63, 3.8) is 0 Å². The van der Waals surface area contributed by atoms with Gasteiger partial charge in [0.1, 0.15) is 5.69 Å². The molecule has 64 valence electrons. The van der Waals surface area contributed by atoms with Gasteiger partial charge in [0.15, 0.2) is 0 Å². The Labute approximate surface area is 68.2 Å². The topological polar surface area (TPSA) is 95.6 Å². The van der Waals surface area contributed by atoms with E-state index in [1.54, 1.807) is 0 Å².